The molecule has 0 aliphatic rings. The van der Waals surface area contributed by atoms with Gasteiger partial charge in [0.05, 0.1) is 17.0 Å². The average Bonchev–Trinajstić information content (AvgIpc) is 2.51. The molecule has 0 bridgehead atoms. The van der Waals surface area contributed by atoms with Gasteiger partial charge in [0, 0.05) is 18.9 Å². The fourth-order valence-electron chi connectivity index (χ4n) is 2.18. The van der Waals surface area contributed by atoms with Crippen molar-refractivity contribution in [2.45, 2.75) is 45.0 Å². The fraction of sp³-hybridized carbons (Fsp3) is 0.444. The molecular weight excluding hydrogens is 308 g/mol. The van der Waals surface area contributed by atoms with Crippen molar-refractivity contribution in [1.29, 1.82) is 0 Å². The van der Waals surface area contributed by atoms with Crippen LogP contribution in [-0.4, -0.2) is 28.0 Å². The molecule has 0 fully saturated rings. The second-order valence-corrected chi connectivity index (χ2v) is 6.83. The van der Waals surface area contributed by atoms with Gasteiger partial charge in [0.15, 0.2) is 5.16 Å². The van der Waals surface area contributed by atoms with Crippen LogP contribution in [-0.2, 0) is 11.3 Å². The number of aromatic nitrogens is 2. The summed E-state index contributed by atoms with van der Waals surface area (Å²) >= 11 is 1.56. The highest BCUT2D eigenvalue weighted by molar-refractivity contribution is 7.99. The van der Waals surface area contributed by atoms with Gasteiger partial charge < -0.3 is 4.74 Å². The Morgan fingerprint density at radius 1 is 1.39 bits per heavy atom. The quantitative estimate of drug-likeness (QED) is 0.318. The minimum absolute atomic E-state index is 0.0179. The van der Waals surface area contributed by atoms with Crippen molar-refractivity contribution < 1.29 is 4.74 Å². The van der Waals surface area contributed by atoms with Crippen LogP contribution in [0.15, 0.2) is 46.4 Å². The molecule has 0 saturated carbocycles. The molecule has 0 atom stereocenters. The molecule has 23 heavy (non-hydrogen) atoms. The molecule has 2 aromatic rings. The number of rotatable bonds is 8. The number of hydrogen-bond donors (Lipinski definition) is 0. The van der Waals surface area contributed by atoms with Crippen molar-refractivity contribution in [1.82, 2.24) is 9.55 Å². The van der Waals surface area contributed by atoms with Gasteiger partial charge in [-0.3, -0.25) is 9.36 Å². The molecule has 0 saturated heterocycles. The Kier molecular flexibility index (Phi) is 6.42. The SMILES string of the molecule is C=C(C)CSc1nc2ccccc2c(=O)n1CCCOC(C)C. The summed E-state index contributed by atoms with van der Waals surface area (Å²) in [5, 5.41) is 1.41. The third-order valence-electron chi connectivity index (χ3n) is 3.25. The first kappa shape index (κ1) is 17.8. The van der Waals surface area contributed by atoms with E-state index >= 15 is 0 Å². The number of para-hydroxylation sites is 1. The third kappa shape index (κ3) is 4.94. The standard InChI is InChI=1S/C18H24N2O2S/c1-13(2)12-23-18-19-16-9-6-5-8-15(16)17(21)20(18)10-7-11-22-14(3)4/h5-6,8-9,14H,1,7,10-12H2,2-4H3. The van der Waals surface area contributed by atoms with Gasteiger partial charge in [-0.05, 0) is 39.3 Å². The molecule has 2 rings (SSSR count). The third-order valence-corrected chi connectivity index (χ3v) is 4.46. The maximum absolute atomic E-state index is 12.8. The van der Waals surface area contributed by atoms with Gasteiger partial charge in [-0.25, -0.2) is 4.98 Å². The molecular formula is C18H24N2O2S. The molecule has 124 valence electrons. The lowest BCUT2D eigenvalue weighted by atomic mass is 10.2. The smallest absolute Gasteiger partial charge is 0.262 e. The molecule has 0 spiro atoms. The Morgan fingerprint density at radius 3 is 2.83 bits per heavy atom. The number of fused-ring (bicyclic) bond motifs is 1. The van der Waals surface area contributed by atoms with E-state index < -0.39 is 0 Å². The molecule has 1 heterocycles. The highest BCUT2D eigenvalue weighted by Crippen LogP contribution is 2.19. The first-order chi connectivity index (χ1) is 11.0. The number of thioether (sulfide) groups is 1. The molecule has 0 radical (unpaired) electrons. The van der Waals surface area contributed by atoms with E-state index in [4.69, 9.17) is 4.74 Å². The zero-order valence-corrected chi connectivity index (χ0v) is 14.9. The monoisotopic (exact) mass is 332 g/mol. The lowest BCUT2D eigenvalue weighted by molar-refractivity contribution is 0.0743. The van der Waals surface area contributed by atoms with Crippen LogP contribution in [0.4, 0.5) is 0 Å². The summed E-state index contributed by atoms with van der Waals surface area (Å²) < 4.78 is 7.34. The van der Waals surface area contributed by atoms with E-state index in [1.54, 1.807) is 16.3 Å². The van der Waals surface area contributed by atoms with Crippen LogP contribution >= 0.6 is 11.8 Å². The zero-order valence-electron chi connectivity index (χ0n) is 14.0. The second-order valence-electron chi connectivity index (χ2n) is 5.89. The minimum Gasteiger partial charge on any atom is -0.379 e. The maximum atomic E-state index is 12.8. The van der Waals surface area contributed by atoms with Crippen molar-refractivity contribution in [3.63, 3.8) is 0 Å². The number of hydrogen-bond acceptors (Lipinski definition) is 4. The number of ether oxygens (including phenoxy) is 1. The molecule has 0 aliphatic carbocycles. The highest BCUT2D eigenvalue weighted by Gasteiger charge is 2.11. The molecule has 4 nitrogen and oxygen atoms in total. The topological polar surface area (TPSA) is 44.1 Å². The summed E-state index contributed by atoms with van der Waals surface area (Å²) in [5.41, 5.74) is 1.83. The summed E-state index contributed by atoms with van der Waals surface area (Å²) in [6.45, 7) is 11.2. The predicted molar refractivity (Wildman–Crippen MR) is 97.2 cm³/mol. The summed E-state index contributed by atoms with van der Waals surface area (Å²) in [7, 11) is 0. The first-order valence-corrected chi connectivity index (χ1v) is 8.86. The Morgan fingerprint density at radius 2 is 2.13 bits per heavy atom. The normalized spacial score (nSPS) is 11.3. The summed E-state index contributed by atoms with van der Waals surface area (Å²) in [5.74, 6) is 0.757. The lowest BCUT2D eigenvalue weighted by Crippen LogP contribution is -2.24. The Balaban J connectivity index is 2.29. The molecule has 0 N–H and O–H groups in total. The van der Waals surface area contributed by atoms with Gasteiger partial charge >= 0.3 is 0 Å². The maximum Gasteiger partial charge on any atom is 0.262 e. The van der Waals surface area contributed by atoms with E-state index in [1.807, 2.05) is 45.0 Å². The number of nitrogens with zero attached hydrogens (tertiary/aromatic N) is 2. The fourth-order valence-corrected chi connectivity index (χ4v) is 3.05. The van der Waals surface area contributed by atoms with Gasteiger partial charge in [-0.15, -0.1) is 0 Å². The van der Waals surface area contributed by atoms with Crippen molar-refractivity contribution in [2.24, 2.45) is 0 Å². The highest BCUT2D eigenvalue weighted by atomic mass is 32.2. The molecule has 5 heteroatoms. The molecule has 1 aromatic carbocycles. The molecule has 0 aliphatic heterocycles. The second kappa shape index (κ2) is 8.31. The molecule has 0 unspecified atom stereocenters. The van der Waals surface area contributed by atoms with E-state index in [1.165, 1.54) is 0 Å². The minimum atomic E-state index is 0.0179. The van der Waals surface area contributed by atoms with Crippen LogP contribution in [0.2, 0.25) is 0 Å². The van der Waals surface area contributed by atoms with Crippen LogP contribution < -0.4 is 5.56 Å². The Bertz CT molecular complexity index is 737. The Hall–Kier alpha value is -1.59. The first-order valence-electron chi connectivity index (χ1n) is 7.87. The van der Waals surface area contributed by atoms with Gasteiger partial charge in [-0.1, -0.05) is 36.0 Å². The van der Waals surface area contributed by atoms with Gasteiger partial charge in [0.1, 0.15) is 0 Å². The van der Waals surface area contributed by atoms with Crippen LogP contribution in [0.25, 0.3) is 10.9 Å². The Labute approximate surface area is 141 Å². The summed E-state index contributed by atoms with van der Waals surface area (Å²) in [6.07, 6.45) is 0.998. The lowest BCUT2D eigenvalue weighted by Gasteiger charge is -2.14. The van der Waals surface area contributed by atoms with Gasteiger partial charge in [0.25, 0.3) is 5.56 Å². The van der Waals surface area contributed by atoms with Crippen LogP contribution in [0, 0.1) is 0 Å². The van der Waals surface area contributed by atoms with Gasteiger partial charge in [0.2, 0.25) is 0 Å². The van der Waals surface area contributed by atoms with E-state index in [2.05, 4.69) is 11.6 Å². The van der Waals surface area contributed by atoms with E-state index in [-0.39, 0.29) is 11.7 Å². The largest absolute Gasteiger partial charge is 0.379 e. The van der Waals surface area contributed by atoms with Crippen molar-refractivity contribution in [3.05, 3.63) is 46.8 Å². The summed E-state index contributed by atoms with van der Waals surface area (Å²) in [6, 6.07) is 7.49. The summed E-state index contributed by atoms with van der Waals surface area (Å²) in [4.78, 5) is 17.4. The average molecular weight is 332 g/mol. The van der Waals surface area contributed by atoms with Crippen LogP contribution in [0.5, 0.6) is 0 Å². The van der Waals surface area contributed by atoms with Crippen molar-refractivity contribution >= 4 is 22.7 Å². The molecule has 0 amide bonds. The van der Waals surface area contributed by atoms with E-state index in [0.717, 1.165) is 28.4 Å². The number of benzene rings is 1. The van der Waals surface area contributed by atoms with Crippen molar-refractivity contribution in [2.75, 3.05) is 12.4 Å². The van der Waals surface area contributed by atoms with Crippen molar-refractivity contribution in [3.8, 4) is 0 Å². The predicted octanol–water partition coefficient (Wildman–Crippen LogP) is 3.88. The van der Waals surface area contributed by atoms with E-state index in [9.17, 15) is 4.79 Å². The van der Waals surface area contributed by atoms with Crippen LogP contribution in [0.3, 0.4) is 0 Å². The van der Waals surface area contributed by atoms with Gasteiger partial charge in [-0.2, -0.15) is 0 Å². The molecule has 1 aromatic heterocycles. The van der Waals surface area contributed by atoms with E-state index in [0.29, 0.717) is 18.5 Å². The van der Waals surface area contributed by atoms with Crippen LogP contribution in [0.1, 0.15) is 27.2 Å². The zero-order chi connectivity index (χ0) is 16.8.